The number of hydrogen-bond acceptors (Lipinski definition) is 1. The predicted octanol–water partition coefficient (Wildman–Crippen LogP) is 3.28. The van der Waals surface area contributed by atoms with Gasteiger partial charge in [-0.1, -0.05) is 36.8 Å². The van der Waals surface area contributed by atoms with E-state index in [1.807, 2.05) is 0 Å². The normalized spacial score (nSPS) is 23.7. The maximum Gasteiger partial charge on any atom is 0.0641 e. The third kappa shape index (κ3) is 1.98. The summed E-state index contributed by atoms with van der Waals surface area (Å²) in [5.74, 6) is 0.540. The van der Waals surface area contributed by atoms with Crippen LogP contribution >= 0.6 is 0 Å². The molecule has 1 aliphatic heterocycles. The summed E-state index contributed by atoms with van der Waals surface area (Å²) in [7, 11) is 0. The van der Waals surface area contributed by atoms with Crippen LogP contribution in [0.1, 0.15) is 36.8 Å². The van der Waals surface area contributed by atoms with Crippen molar-refractivity contribution in [3.8, 4) is 0 Å². The van der Waals surface area contributed by atoms with Gasteiger partial charge in [0.25, 0.3) is 0 Å². The molecule has 0 unspecified atom stereocenters. The van der Waals surface area contributed by atoms with Gasteiger partial charge in [0, 0.05) is 12.5 Å². The highest BCUT2D eigenvalue weighted by Crippen LogP contribution is 2.28. The molecular formula is C13H18O. The first-order valence-corrected chi connectivity index (χ1v) is 5.45. The lowest BCUT2D eigenvalue weighted by atomic mass is 9.93. The summed E-state index contributed by atoms with van der Waals surface area (Å²) in [6.07, 6.45) is 2.88. The molecule has 1 aliphatic rings. The van der Waals surface area contributed by atoms with Crippen molar-refractivity contribution in [2.75, 3.05) is 6.61 Å². The Morgan fingerprint density at radius 3 is 2.57 bits per heavy atom. The molecule has 1 saturated heterocycles. The molecule has 1 heteroatoms. The number of benzene rings is 1. The van der Waals surface area contributed by atoms with Crippen LogP contribution in [-0.4, -0.2) is 12.7 Å². The van der Waals surface area contributed by atoms with Crippen LogP contribution in [0.3, 0.4) is 0 Å². The van der Waals surface area contributed by atoms with Crippen molar-refractivity contribution in [3.05, 3.63) is 35.4 Å². The van der Waals surface area contributed by atoms with Gasteiger partial charge in [0.1, 0.15) is 0 Å². The van der Waals surface area contributed by atoms with Crippen LogP contribution in [0.15, 0.2) is 24.3 Å². The topological polar surface area (TPSA) is 9.23 Å². The lowest BCUT2D eigenvalue weighted by Crippen LogP contribution is -2.14. The summed E-state index contributed by atoms with van der Waals surface area (Å²) >= 11 is 0. The summed E-state index contributed by atoms with van der Waals surface area (Å²) in [6.45, 7) is 5.34. The van der Waals surface area contributed by atoms with Crippen LogP contribution in [0, 0.1) is 6.92 Å². The summed E-state index contributed by atoms with van der Waals surface area (Å²) in [5, 5.41) is 0. The Bertz CT molecular complexity index is 283. The van der Waals surface area contributed by atoms with E-state index in [2.05, 4.69) is 38.1 Å². The van der Waals surface area contributed by atoms with Crippen molar-refractivity contribution in [3.63, 3.8) is 0 Å². The third-order valence-corrected chi connectivity index (χ3v) is 3.13. The Labute approximate surface area is 86.1 Å². The molecule has 1 fully saturated rings. The maximum atomic E-state index is 5.70. The molecule has 0 amide bonds. The summed E-state index contributed by atoms with van der Waals surface area (Å²) in [4.78, 5) is 0. The minimum absolute atomic E-state index is 0.442. The predicted molar refractivity (Wildman–Crippen MR) is 58.6 cm³/mol. The van der Waals surface area contributed by atoms with Crippen molar-refractivity contribution in [2.24, 2.45) is 0 Å². The van der Waals surface area contributed by atoms with Crippen molar-refractivity contribution >= 4 is 0 Å². The Morgan fingerprint density at radius 2 is 2.00 bits per heavy atom. The van der Waals surface area contributed by atoms with Crippen LogP contribution in [-0.2, 0) is 4.74 Å². The van der Waals surface area contributed by atoms with E-state index in [0.717, 1.165) is 6.61 Å². The molecule has 1 nitrogen and oxygen atoms in total. The van der Waals surface area contributed by atoms with E-state index in [4.69, 9.17) is 4.74 Å². The number of hydrogen-bond donors (Lipinski definition) is 0. The van der Waals surface area contributed by atoms with E-state index < -0.39 is 0 Å². The zero-order valence-electron chi connectivity index (χ0n) is 8.99. The highest BCUT2D eigenvalue weighted by Gasteiger charge is 2.23. The lowest BCUT2D eigenvalue weighted by molar-refractivity contribution is 0.0932. The van der Waals surface area contributed by atoms with Crippen molar-refractivity contribution in [1.82, 2.24) is 0 Å². The number of aryl methyl sites for hydroxylation is 1. The lowest BCUT2D eigenvalue weighted by Gasteiger charge is -2.18. The van der Waals surface area contributed by atoms with Crippen molar-refractivity contribution in [2.45, 2.75) is 38.7 Å². The summed E-state index contributed by atoms with van der Waals surface area (Å²) < 4.78 is 5.70. The van der Waals surface area contributed by atoms with Gasteiger partial charge in [-0.2, -0.15) is 0 Å². The fourth-order valence-corrected chi connectivity index (χ4v) is 2.08. The van der Waals surface area contributed by atoms with Crippen LogP contribution in [0.4, 0.5) is 0 Å². The van der Waals surface area contributed by atoms with Gasteiger partial charge in [0.2, 0.25) is 0 Å². The molecule has 0 aliphatic carbocycles. The van der Waals surface area contributed by atoms with Crippen molar-refractivity contribution < 1.29 is 4.74 Å². The van der Waals surface area contributed by atoms with Gasteiger partial charge in [-0.05, 0) is 25.3 Å². The van der Waals surface area contributed by atoms with E-state index in [1.54, 1.807) is 0 Å². The summed E-state index contributed by atoms with van der Waals surface area (Å²) in [6, 6.07) is 8.81. The maximum absolute atomic E-state index is 5.70. The van der Waals surface area contributed by atoms with Gasteiger partial charge in [0.05, 0.1) is 6.10 Å². The molecule has 76 valence electrons. The largest absolute Gasteiger partial charge is 0.378 e. The second kappa shape index (κ2) is 4.14. The summed E-state index contributed by atoms with van der Waals surface area (Å²) in [5.41, 5.74) is 2.73. The molecule has 1 aromatic carbocycles. The third-order valence-electron chi connectivity index (χ3n) is 3.13. The molecule has 0 spiro atoms. The highest BCUT2D eigenvalue weighted by molar-refractivity contribution is 5.25. The Hall–Kier alpha value is -0.820. The van der Waals surface area contributed by atoms with E-state index >= 15 is 0 Å². The van der Waals surface area contributed by atoms with E-state index in [9.17, 15) is 0 Å². The average Bonchev–Trinajstić information content (AvgIpc) is 2.71. The number of ether oxygens (including phenoxy) is 1. The van der Waals surface area contributed by atoms with Gasteiger partial charge in [-0.25, -0.2) is 0 Å². The first-order valence-electron chi connectivity index (χ1n) is 5.45. The molecule has 14 heavy (non-hydrogen) atoms. The van der Waals surface area contributed by atoms with Gasteiger partial charge < -0.3 is 4.74 Å². The first-order chi connectivity index (χ1) is 6.77. The van der Waals surface area contributed by atoms with Crippen LogP contribution in [0.2, 0.25) is 0 Å². The molecule has 1 aromatic rings. The molecule has 0 N–H and O–H groups in total. The van der Waals surface area contributed by atoms with E-state index in [1.165, 1.54) is 24.0 Å². The SMILES string of the molecule is Cc1ccc([C@H](C)[C@H]2CCCO2)cc1. The number of rotatable bonds is 2. The fourth-order valence-electron chi connectivity index (χ4n) is 2.08. The second-order valence-electron chi connectivity index (χ2n) is 4.25. The van der Waals surface area contributed by atoms with E-state index in [-0.39, 0.29) is 0 Å². The highest BCUT2D eigenvalue weighted by atomic mass is 16.5. The minimum Gasteiger partial charge on any atom is -0.378 e. The Kier molecular flexibility index (Phi) is 2.87. The van der Waals surface area contributed by atoms with Crippen LogP contribution in [0.25, 0.3) is 0 Å². The molecule has 0 saturated carbocycles. The van der Waals surface area contributed by atoms with Gasteiger partial charge in [-0.15, -0.1) is 0 Å². The van der Waals surface area contributed by atoms with Gasteiger partial charge >= 0.3 is 0 Å². The molecule has 0 aromatic heterocycles. The minimum atomic E-state index is 0.442. The fraction of sp³-hybridized carbons (Fsp3) is 0.538. The second-order valence-corrected chi connectivity index (χ2v) is 4.25. The molecule has 2 atom stereocenters. The van der Waals surface area contributed by atoms with Gasteiger partial charge in [0.15, 0.2) is 0 Å². The van der Waals surface area contributed by atoms with Crippen molar-refractivity contribution in [1.29, 1.82) is 0 Å². The molecule has 2 rings (SSSR count). The monoisotopic (exact) mass is 190 g/mol. The Balaban J connectivity index is 2.09. The zero-order chi connectivity index (χ0) is 9.97. The first kappa shape index (κ1) is 9.72. The standard InChI is InChI=1S/C13H18O/c1-10-5-7-12(8-6-10)11(2)13-4-3-9-14-13/h5-8,11,13H,3-4,9H2,1-2H3/t11-,13+/m0/s1. The molecule has 0 radical (unpaired) electrons. The molecular weight excluding hydrogens is 172 g/mol. The van der Waals surface area contributed by atoms with Crippen LogP contribution in [0.5, 0.6) is 0 Å². The van der Waals surface area contributed by atoms with E-state index in [0.29, 0.717) is 12.0 Å². The molecule has 0 bridgehead atoms. The smallest absolute Gasteiger partial charge is 0.0641 e. The zero-order valence-corrected chi connectivity index (χ0v) is 8.99. The average molecular weight is 190 g/mol. The Morgan fingerprint density at radius 1 is 1.29 bits per heavy atom. The quantitative estimate of drug-likeness (QED) is 0.695. The van der Waals surface area contributed by atoms with Crippen LogP contribution < -0.4 is 0 Å². The van der Waals surface area contributed by atoms with Gasteiger partial charge in [-0.3, -0.25) is 0 Å². The molecule has 1 heterocycles.